The monoisotopic (exact) mass is 351 g/mol. The van der Waals surface area contributed by atoms with Gasteiger partial charge in [-0.05, 0) is 18.2 Å². The van der Waals surface area contributed by atoms with Gasteiger partial charge in [0.1, 0.15) is 5.75 Å². The second kappa shape index (κ2) is 5.34. The molecular formula is C13H12ClF2NO4S. The fourth-order valence-electron chi connectivity index (χ4n) is 3.06. The predicted molar refractivity (Wildman–Crippen MR) is 76.1 cm³/mol. The van der Waals surface area contributed by atoms with Gasteiger partial charge in [0.25, 0.3) is 0 Å². The number of anilines is 1. The van der Waals surface area contributed by atoms with Crippen molar-refractivity contribution in [2.24, 2.45) is 5.92 Å². The molecule has 2 aliphatic heterocycles. The van der Waals surface area contributed by atoms with Gasteiger partial charge in [0.2, 0.25) is 5.91 Å². The lowest BCUT2D eigenvalue weighted by Crippen LogP contribution is -2.36. The normalized spacial score (nSPS) is 26.5. The summed E-state index contributed by atoms with van der Waals surface area (Å²) in [5, 5.41) is -0.0603. The van der Waals surface area contributed by atoms with Crippen LogP contribution in [-0.4, -0.2) is 38.5 Å². The van der Waals surface area contributed by atoms with Gasteiger partial charge in [-0.2, -0.15) is 8.78 Å². The Kier molecular flexibility index (Phi) is 3.76. The zero-order valence-electron chi connectivity index (χ0n) is 11.2. The Morgan fingerprint density at radius 3 is 2.68 bits per heavy atom. The van der Waals surface area contributed by atoms with E-state index in [9.17, 15) is 22.0 Å². The van der Waals surface area contributed by atoms with Crippen LogP contribution in [0, 0.1) is 5.92 Å². The number of amides is 1. The van der Waals surface area contributed by atoms with Crippen LogP contribution in [0.3, 0.4) is 0 Å². The van der Waals surface area contributed by atoms with E-state index in [1.54, 1.807) is 0 Å². The molecule has 0 aliphatic carbocycles. The van der Waals surface area contributed by atoms with E-state index >= 15 is 0 Å². The van der Waals surface area contributed by atoms with Crippen molar-refractivity contribution in [2.75, 3.05) is 16.4 Å². The maximum absolute atomic E-state index is 12.2. The van der Waals surface area contributed by atoms with E-state index in [2.05, 4.69) is 4.74 Å². The van der Waals surface area contributed by atoms with Gasteiger partial charge in [-0.25, -0.2) is 8.42 Å². The molecule has 1 aromatic carbocycles. The van der Waals surface area contributed by atoms with E-state index in [0.717, 1.165) is 0 Å². The molecule has 0 radical (unpaired) electrons. The van der Waals surface area contributed by atoms with Gasteiger partial charge in [0.05, 0.1) is 22.6 Å². The number of hydrogen-bond acceptors (Lipinski definition) is 4. The van der Waals surface area contributed by atoms with Gasteiger partial charge in [-0.15, -0.1) is 0 Å². The Hall–Kier alpha value is -1.41. The highest BCUT2D eigenvalue weighted by molar-refractivity contribution is 7.91. The lowest BCUT2D eigenvalue weighted by molar-refractivity contribution is -0.117. The molecule has 2 aliphatic rings. The van der Waals surface area contributed by atoms with Crippen LogP contribution >= 0.6 is 11.6 Å². The van der Waals surface area contributed by atoms with Gasteiger partial charge in [0.15, 0.2) is 9.84 Å². The third kappa shape index (κ3) is 2.77. The first-order valence-corrected chi connectivity index (χ1v) is 8.73. The number of carbonyl (C=O) groups is 1. The highest BCUT2D eigenvalue weighted by Gasteiger charge is 2.49. The summed E-state index contributed by atoms with van der Waals surface area (Å²) >= 11 is 5.88. The van der Waals surface area contributed by atoms with Crippen molar-refractivity contribution in [3.8, 4) is 5.75 Å². The Labute approximate surface area is 130 Å². The average Bonchev–Trinajstić information content (AvgIpc) is 2.81. The van der Waals surface area contributed by atoms with E-state index in [4.69, 9.17) is 11.6 Å². The summed E-state index contributed by atoms with van der Waals surface area (Å²) in [5.41, 5.74) is 0.390. The van der Waals surface area contributed by atoms with Crippen molar-refractivity contribution in [3.63, 3.8) is 0 Å². The Balaban J connectivity index is 1.90. The fraction of sp³-hybridized carbons (Fsp3) is 0.462. The van der Waals surface area contributed by atoms with Crippen LogP contribution < -0.4 is 9.64 Å². The SMILES string of the molecule is O=C1C[C@@H]2CS(=O)(=O)C[C@@H]2N1c1ccc(OC(F)F)c(Cl)c1. The van der Waals surface area contributed by atoms with Crippen LogP contribution in [-0.2, 0) is 14.6 Å². The summed E-state index contributed by atoms with van der Waals surface area (Å²) in [6.45, 7) is -3.00. The van der Waals surface area contributed by atoms with Crippen molar-refractivity contribution in [2.45, 2.75) is 19.1 Å². The lowest BCUT2D eigenvalue weighted by Gasteiger charge is -2.24. The van der Waals surface area contributed by atoms with Gasteiger partial charge < -0.3 is 9.64 Å². The first-order chi connectivity index (χ1) is 10.3. The minimum Gasteiger partial charge on any atom is -0.433 e. The number of fused-ring (bicyclic) bond motifs is 1. The lowest BCUT2D eigenvalue weighted by atomic mass is 10.0. The molecule has 3 rings (SSSR count). The molecule has 0 N–H and O–H groups in total. The first-order valence-electron chi connectivity index (χ1n) is 6.54. The summed E-state index contributed by atoms with van der Waals surface area (Å²) < 4.78 is 52.1. The molecule has 120 valence electrons. The van der Waals surface area contributed by atoms with Crippen LogP contribution in [0.15, 0.2) is 18.2 Å². The number of benzene rings is 1. The Morgan fingerprint density at radius 1 is 1.32 bits per heavy atom. The number of halogens is 3. The zero-order valence-corrected chi connectivity index (χ0v) is 12.8. The molecule has 0 unspecified atom stereocenters. The van der Waals surface area contributed by atoms with Crippen LogP contribution in [0.4, 0.5) is 14.5 Å². The molecule has 2 heterocycles. The average molecular weight is 352 g/mol. The molecule has 0 spiro atoms. The van der Waals surface area contributed by atoms with E-state index in [-0.39, 0.29) is 40.5 Å². The smallest absolute Gasteiger partial charge is 0.387 e. The quantitative estimate of drug-likeness (QED) is 0.836. The van der Waals surface area contributed by atoms with Crippen LogP contribution in [0.5, 0.6) is 5.75 Å². The highest BCUT2D eigenvalue weighted by atomic mass is 35.5. The molecular weight excluding hydrogens is 340 g/mol. The van der Waals surface area contributed by atoms with Gasteiger partial charge in [0, 0.05) is 18.0 Å². The summed E-state index contributed by atoms with van der Waals surface area (Å²) in [6, 6.07) is 3.59. The van der Waals surface area contributed by atoms with Gasteiger partial charge in [-0.3, -0.25) is 4.79 Å². The molecule has 1 amide bonds. The Morgan fingerprint density at radius 2 is 2.05 bits per heavy atom. The molecule has 0 aromatic heterocycles. The molecule has 1 aromatic rings. The standard InChI is InChI=1S/C13H12ClF2NO4S/c14-9-4-8(1-2-11(9)21-13(15)16)17-10-6-22(19,20)5-7(10)3-12(17)18/h1-2,4,7,10,13H,3,5-6H2/t7-,10+/m1/s1. The van der Waals surface area contributed by atoms with Gasteiger partial charge in [-0.1, -0.05) is 11.6 Å². The minimum absolute atomic E-state index is 0.000214. The van der Waals surface area contributed by atoms with Crippen molar-refractivity contribution in [3.05, 3.63) is 23.2 Å². The maximum atomic E-state index is 12.2. The molecule has 5 nitrogen and oxygen atoms in total. The second-order valence-corrected chi connectivity index (χ2v) is 7.93. The molecule has 2 atom stereocenters. The topological polar surface area (TPSA) is 63.7 Å². The molecule has 22 heavy (non-hydrogen) atoms. The number of carbonyl (C=O) groups excluding carboxylic acids is 1. The number of alkyl halides is 2. The summed E-state index contributed by atoms with van der Waals surface area (Å²) in [7, 11) is -3.15. The van der Waals surface area contributed by atoms with Crippen molar-refractivity contribution >= 4 is 33.0 Å². The van der Waals surface area contributed by atoms with Crippen molar-refractivity contribution in [1.29, 1.82) is 0 Å². The van der Waals surface area contributed by atoms with E-state index in [1.165, 1.54) is 23.1 Å². The molecule has 2 fully saturated rings. The zero-order chi connectivity index (χ0) is 16.1. The van der Waals surface area contributed by atoms with E-state index < -0.39 is 22.5 Å². The van der Waals surface area contributed by atoms with Crippen molar-refractivity contribution < 1.29 is 26.7 Å². The first kappa shape index (κ1) is 15.5. The summed E-state index contributed by atoms with van der Waals surface area (Å²) in [6.07, 6.45) is 0.163. The Bertz CT molecular complexity index is 725. The van der Waals surface area contributed by atoms with E-state index in [1.807, 2.05) is 0 Å². The largest absolute Gasteiger partial charge is 0.433 e. The number of rotatable bonds is 3. The number of sulfone groups is 1. The fourth-order valence-corrected chi connectivity index (χ4v) is 5.35. The number of ether oxygens (including phenoxy) is 1. The van der Waals surface area contributed by atoms with Crippen LogP contribution in [0.2, 0.25) is 5.02 Å². The third-order valence-corrected chi connectivity index (χ3v) is 5.96. The number of hydrogen-bond donors (Lipinski definition) is 0. The maximum Gasteiger partial charge on any atom is 0.387 e. The minimum atomic E-state index is -3.15. The third-order valence-electron chi connectivity index (χ3n) is 3.88. The van der Waals surface area contributed by atoms with Crippen LogP contribution in [0.25, 0.3) is 0 Å². The molecule has 9 heteroatoms. The van der Waals surface area contributed by atoms with E-state index in [0.29, 0.717) is 5.69 Å². The summed E-state index contributed by atoms with van der Waals surface area (Å²) in [5.74, 6) is -0.698. The second-order valence-electron chi connectivity index (χ2n) is 5.37. The molecule has 0 saturated carbocycles. The summed E-state index contributed by atoms with van der Waals surface area (Å²) in [4.78, 5) is 13.5. The number of nitrogens with zero attached hydrogens (tertiary/aromatic N) is 1. The van der Waals surface area contributed by atoms with Crippen molar-refractivity contribution in [1.82, 2.24) is 0 Å². The predicted octanol–water partition coefficient (Wildman–Crippen LogP) is 2.09. The highest BCUT2D eigenvalue weighted by Crippen LogP contribution is 2.39. The van der Waals surface area contributed by atoms with Crippen LogP contribution in [0.1, 0.15) is 6.42 Å². The van der Waals surface area contributed by atoms with Gasteiger partial charge >= 0.3 is 6.61 Å². The molecule has 2 saturated heterocycles. The molecule has 0 bridgehead atoms.